The molecule has 7 heteroatoms. The first-order valence-electron chi connectivity index (χ1n) is 7.50. The fourth-order valence-electron chi connectivity index (χ4n) is 2.73. The van der Waals surface area contributed by atoms with E-state index < -0.39 is 0 Å². The van der Waals surface area contributed by atoms with Gasteiger partial charge in [0, 0.05) is 38.5 Å². The first-order valence-corrected chi connectivity index (χ1v) is 8.45. The van der Waals surface area contributed by atoms with Crippen molar-refractivity contribution in [3.05, 3.63) is 34.2 Å². The Bertz CT molecular complexity index is 625. The van der Waals surface area contributed by atoms with E-state index in [2.05, 4.69) is 22.0 Å². The molecule has 0 aliphatic carbocycles. The molecule has 0 aromatic carbocycles. The minimum Gasteiger partial charge on any atom is -0.424 e. The molecule has 0 radical (unpaired) electrons. The van der Waals surface area contributed by atoms with Crippen molar-refractivity contribution >= 4 is 17.2 Å². The molecule has 0 N–H and O–H groups in total. The highest BCUT2D eigenvalue weighted by Crippen LogP contribution is 2.21. The summed E-state index contributed by atoms with van der Waals surface area (Å²) in [7, 11) is 0. The summed E-state index contributed by atoms with van der Waals surface area (Å²) in [4.78, 5) is 16.7. The Morgan fingerprint density at radius 2 is 2.18 bits per heavy atom. The van der Waals surface area contributed by atoms with Gasteiger partial charge in [0.2, 0.25) is 11.8 Å². The van der Waals surface area contributed by atoms with Crippen molar-refractivity contribution in [2.24, 2.45) is 0 Å². The summed E-state index contributed by atoms with van der Waals surface area (Å²) in [6.45, 7) is 7.14. The van der Waals surface area contributed by atoms with Crippen LogP contribution in [0.4, 0.5) is 0 Å². The summed E-state index contributed by atoms with van der Waals surface area (Å²) < 4.78 is 5.53. The number of carbonyl (C=O) groups excluding carboxylic acids is 1. The maximum Gasteiger partial charge on any atom is 0.254 e. The molecule has 1 saturated heterocycles. The average molecular weight is 320 g/mol. The number of aromatic nitrogens is 2. The van der Waals surface area contributed by atoms with E-state index >= 15 is 0 Å². The van der Waals surface area contributed by atoms with Crippen molar-refractivity contribution < 1.29 is 9.21 Å². The largest absolute Gasteiger partial charge is 0.424 e. The third-order valence-electron chi connectivity index (χ3n) is 4.03. The molecule has 22 heavy (non-hydrogen) atoms. The Balaban J connectivity index is 1.63. The molecule has 1 fully saturated rings. The second-order valence-corrected chi connectivity index (χ2v) is 6.31. The SMILES string of the molecule is Cc1nnc([C@@H](C)N2CCCN(C(=O)c3ccsc3)CC2)o1. The minimum absolute atomic E-state index is 0.0809. The molecule has 1 amide bonds. The molecule has 6 nitrogen and oxygen atoms in total. The Morgan fingerprint density at radius 1 is 1.32 bits per heavy atom. The zero-order chi connectivity index (χ0) is 15.5. The number of rotatable bonds is 3. The number of aryl methyl sites for hydroxylation is 1. The smallest absolute Gasteiger partial charge is 0.254 e. The maximum absolute atomic E-state index is 12.4. The fraction of sp³-hybridized carbons (Fsp3) is 0.533. The summed E-state index contributed by atoms with van der Waals surface area (Å²) in [6.07, 6.45) is 0.952. The van der Waals surface area contributed by atoms with Gasteiger partial charge >= 0.3 is 0 Å². The van der Waals surface area contributed by atoms with Gasteiger partial charge in [-0.15, -0.1) is 10.2 Å². The van der Waals surface area contributed by atoms with Gasteiger partial charge in [-0.05, 0) is 24.8 Å². The topological polar surface area (TPSA) is 62.5 Å². The van der Waals surface area contributed by atoms with Crippen molar-refractivity contribution in [2.45, 2.75) is 26.3 Å². The van der Waals surface area contributed by atoms with E-state index in [4.69, 9.17) is 4.42 Å². The molecule has 0 bridgehead atoms. The van der Waals surface area contributed by atoms with Gasteiger partial charge in [-0.1, -0.05) is 0 Å². The second kappa shape index (κ2) is 6.58. The van der Waals surface area contributed by atoms with E-state index in [1.165, 1.54) is 0 Å². The number of thiophene rings is 1. The van der Waals surface area contributed by atoms with Crippen LogP contribution in [0.15, 0.2) is 21.2 Å². The predicted molar refractivity (Wildman–Crippen MR) is 83.9 cm³/mol. The fourth-order valence-corrected chi connectivity index (χ4v) is 3.36. The van der Waals surface area contributed by atoms with Gasteiger partial charge in [0.1, 0.15) is 0 Å². The van der Waals surface area contributed by atoms with E-state index in [1.807, 2.05) is 21.7 Å². The molecular weight excluding hydrogens is 300 g/mol. The quantitative estimate of drug-likeness (QED) is 0.868. The number of carbonyl (C=O) groups is 1. The molecule has 1 atom stereocenters. The first kappa shape index (κ1) is 15.2. The van der Waals surface area contributed by atoms with Crippen LogP contribution in [0.25, 0.3) is 0 Å². The number of hydrogen-bond donors (Lipinski definition) is 0. The monoisotopic (exact) mass is 320 g/mol. The third-order valence-corrected chi connectivity index (χ3v) is 4.72. The van der Waals surface area contributed by atoms with Crippen molar-refractivity contribution in [1.82, 2.24) is 20.0 Å². The molecular formula is C15H20N4O2S. The number of nitrogens with zero attached hydrogens (tertiary/aromatic N) is 4. The van der Waals surface area contributed by atoms with Crippen LogP contribution in [-0.4, -0.2) is 52.1 Å². The molecule has 0 saturated carbocycles. The van der Waals surface area contributed by atoms with Gasteiger partial charge < -0.3 is 9.32 Å². The Morgan fingerprint density at radius 3 is 2.86 bits per heavy atom. The highest BCUT2D eigenvalue weighted by molar-refractivity contribution is 7.08. The maximum atomic E-state index is 12.4. The lowest BCUT2D eigenvalue weighted by atomic mass is 10.2. The van der Waals surface area contributed by atoms with Crippen LogP contribution in [0.1, 0.15) is 41.5 Å². The molecule has 2 aromatic heterocycles. The lowest BCUT2D eigenvalue weighted by Crippen LogP contribution is -2.35. The normalized spacial score (nSPS) is 18.2. The minimum atomic E-state index is 0.0809. The molecule has 0 spiro atoms. The summed E-state index contributed by atoms with van der Waals surface area (Å²) in [5.74, 6) is 1.37. The van der Waals surface area contributed by atoms with E-state index in [0.717, 1.165) is 38.2 Å². The van der Waals surface area contributed by atoms with E-state index in [9.17, 15) is 4.79 Å². The molecule has 3 heterocycles. The van der Waals surface area contributed by atoms with Gasteiger partial charge in [-0.25, -0.2) is 0 Å². The molecule has 118 valence electrons. The molecule has 0 unspecified atom stereocenters. The van der Waals surface area contributed by atoms with Crippen LogP contribution in [0.5, 0.6) is 0 Å². The number of amides is 1. The molecule has 1 aliphatic heterocycles. The highest BCUT2D eigenvalue weighted by atomic mass is 32.1. The van der Waals surface area contributed by atoms with Crippen LogP contribution >= 0.6 is 11.3 Å². The highest BCUT2D eigenvalue weighted by Gasteiger charge is 2.25. The summed E-state index contributed by atoms with van der Waals surface area (Å²) in [6, 6.07) is 1.97. The summed E-state index contributed by atoms with van der Waals surface area (Å²) in [5.41, 5.74) is 0.791. The molecule has 3 rings (SSSR count). The second-order valence-electron chi connectivity index (χ2n) is 5.53. The Labute approximate surface area is 133 Å². The van der Waals surface area contributed by atoms with Gasteiger partial charge in [0.15, 0.2) is 0 Å². The van der Waals surface area contributed by atoms with Crippen molar-refractivity contribution in [3.63, 3.8) is 0 Å². The predicted octanol–water partition coefficient (Wildman–Crippen LogP) is 2.35. The lowest BCUT2D eigenvalue weighted by Gasteiger charge is -2.25. The van der Waals surface area contributed by atoms with Gasteiger partial charge in [0.25, 0.3) is 5.91 Å². The van der Waals surface area contributed by atoms with Crippen LogP contribution in [0, 0.1) is 6.92 Å². The van der Waals surface area contributed by atoms with Crippen molar-refractivity contribution in [1.29, 1.82) is 0 Å². The molecule has 2 aromatic rings. The summed E-state index contributed by atoms with van der Waals surface area (Å²) >= 11 is 1.56. The van der Waals surface area contributed by atoms with E-state index in [0.29, 0.717) is 11.8 Å². The van der Waals surface area contributed by atoms with Crippen molar-refractivity contribution in [2.75, 3.05) is 26.2 Å². The van der Waals surface area contributed by atoms with Gasteiger partial charge in [-0.2, -0.15) is 11.3 Å². The van der Waals surface area contributed by atoms with Crippen LogP contribution < -0.4 is 0 Å². The first-order chi connectivity index (χ1) is 10.6. The zero-order valence-electron chi connectivity index (χ0n) is 12.9. The van der Waals surface area contributed by atoms with Gasteiger partial charge in [-0.3, -0.25) is 9.69 Å². The van der Waals surface area contributed by atoms with E-state index in [1.54, 1.807) is 18.3 Å². The van der Waals surface area contributed by atoms with E-state index in [-0.39, 0.29) is 11.9 Å². The van der Waals surface area contributed by atoms with Gasteiger partial charge in [0.05, 0.1) is 11.6 Å². The van der Waals surface area contributed by atoms with Crippen LogP contribution in [-0.2, 0) is 0 Å². The summed E-state index contributed by atoms with van der Waals surface area (Å²) in [5, 5.41) is 11.9. The van der Waals surface area contributed by atoms with Crippen molar-refractivity contribution in [3.8, 4) is 0 Å². The molecule has 1 aliphatic rings. The number of hydrogen-bond acceptors (Lipinski definition) is 6. The lowest BCUT2D eigenvalue weighted by molar-refractivity contribution is 0.0758. The Kier molecular flexibility index (Phi) is 4.54. The van der Waals surface area contributed by atoms with Crippen LogP contribution in [0.3, 0.4) is 0 Å². The third kappa shape index (κ3) is 3.20. The zero-order valence-corrected chi connectivity index (χ0v) is 13.7. The average Bonchev–Trinajstić information content (AvgIpc) is 3.13. The van der Waals surface area contributed by atoms with Crippen LogP contribution in [0.2, 0.25) is 0 Å². The Hall–Kier alpha value is -1.73. The standard InChI is InChI=1S/C15H20N4O2S/c1-11(14-17-16-12(2)21-14)18-5-3-6-19(8-7-18)15(20)13-4-9-22-10-13/h4,9-11H,3,5-8H2,1-2H3/t11-/m1/s1.